The maximum Gasteiger partial charge on any atom is 0.272 e. The normalized spacial score (nSPS) is 11.2. The third-order valence-corrected chi connectivity index (χ3v) is 8.19. The van der Waals surface area contributed by atoms with E-state index in [4.69, 9.17) is 23.2 Å². The van der Waals surface area contributed by atoms with Gasteiger partial charge in [0.15, 0.2) is 0 Å². The summed E-state index contributed by atoms with van der Waals surface area (Å²) in [5, 5.41) is 11.0. The number of fused-ring (bicyclic) bond motifs is 1. The Labute approximate surface area is 263 Å². The van der Waals surface area contributed by atoms with Gasteiger partial charge >= 0.3 is 0 Å². The van der Waals surface area contributed by atoms with E-state index in [1.54, 1.807) is 72.8 Å². The van der Waals surface area contributed by atoms with Gasteiger partial charge in [0.2, 0.25) is 5.91 Å². The minimum Gasteiger partial charge on any atom is -0.324 e. The van der Waals surface area contributed by atoms with Crippen LogP contribution in [0.25, 0.3) is 16.8 Å². The lowest BCUT2D eigenvalue weighted by Gasteiger charge is -2.13. The van der Waals surface area contributed by atoms with E-state index in [0.29, 0.717) is 22.0 Å². The number of hydrogen-bond donors (Lipinski definition) is 3. The third-order valence-electron chi connectivity index (χ3n) is 6.36. The highest BCUT2D eigenvalue weighted by Gasteiger charge is 2.16. The molecule has 0 aromatic heterocycles. The second kappa shape index (κ2) is 14.1. The average Bonchev–Trinajstić information content (AvgIpc) is 3.03. The van der Waals surface area contributed by atoms with Crippen LogP contribution >= 0.6 is 35.0 Å². The highest BCUT2D eigenvalue weighted by atomic mass is 35.5. The maximum atomic E-state index is 13.5. The number of halogens is 2. The minimum absolute atomic E-state index is 0.0972. The molecule has 3 amide bonds. The number of nitrogens with one attached hydrogen (secondary N) is 3. The van der Waals surface area contributed by atoms with Crippen LogP contribution in [0, 0.1) is 0 Å². The summed E-state index contributed by atoms with van der Waals surface area (Å²) in [7, 11) is 0. The molecule has 0 saturated carbocycles. The van der Waals surface area contributed by atoms with Crippen molar-refractivity contribution in [1.82, 2.24) is 5.32 Å². The molecule has 9 heteroatoms. The molecule has 0 aliphatic heterocycles. The molecule has 0 bridgehead atoms. The number of hydrogen-bond acceptors (Lipinski definition) is 4. The Hall–Kier alpha value is -4.56. The maximum absolute atomic E-state index is 13.5. The average molecular weight is 627 g/mol. The van der Waals surface area contributed by atoms with Crippen molar-refractivity contribution < 1.29 is 14.4 Å². The summed E-state index contributed by atoms with van der Waals surface area (Å²) in [6.45, 7) is 0. The van der Waals surface area contributed by atoms with Gasteiger partial charge in [0.25, 0.3) is 11.8 Å². The topological polar surface area (TPSA) is 87.3 Å². The highest BCUT2D eigenvalue weighted by molar-refractivity contribution is 8.00. The van der Waals surface area contributed by atoms with Gasteiger partial charge in [-0.1, -0.05) is 89.9 Å². The fraction of sp³-hybridized carbons (Fsp3) is 0.0294. The molecule has 5 rings (SSSR count). The zero-order chi connectivity index (χ0) is 30.2. The van der Waals surface area contributed by atoms with Crippen molar-refractivity contribution >= 4 is 80.9 Å². The Balaban J connectivity index is 1.29. The van der Waals surface area contributed by atoms with Crippen LogP contribution in [-0.2, 0) is 9.59 Å². The summed E-state index contributed by atoms with van der Waals surface area (Å²) in [4.78, 5) is 39.7. The number of thioether (sulfide) groups is 1. The quantitative estimate of drug-likeness (QED) is 0.114. The molecule has 3 N–H and O–H groups in total. The summed E-state index contributed by atoms with van der Waals surface area (Å²) >= 11 is 13.5. The van der Waals surface area contributed by atoms with E-state index in [-0.39, 0.29) is 22.4 Å². The summed E-state index contributed by atoms with van der Waals surface area (Å²) in [5.74, 6) is -0.955. The number of carbonyl (C=O) groups is 3. The van der Waals surface area contributed by atoms with Gasteiger partial charge in [-0.25, -0.2) is 0 Å². The van der Waals surface area contributed by atoms with Crippen LogP contribution in [0.5, 0.6) is 0 Å². The molecule has 0 heterocycles. The van der Waals surface area contributed by atoms with E-state index in [1.807, 2.05) is 48.5 Å². The smallest absolute Gasteiger partial charge is 0.272 e. The van der Waals surface area contributed by atoms with E-state index in [0.717, 1.165) is 21.2 Å². The first-order valence-electron chi connectivity index (χ1n) is 13.2. The number of anilines is 2. The summed E-state index contributed by atoms with van der Waals surface area (Å²) in [6, 6.07) is 34.5. The largest absolute Gasteiger partial charge is 0.324 e. The third kappa shape index (κ3) is 7.84. The molecule has 0 saturated heterocycles. The number of benzene rings is 5. The number of rotatable bonds is 9. The molecule has 0 spiro atoms. The van der Waals surface area contributed by atoms with Crippen molar-refractivity contribution in [3.63, 3.8) is 0 Å². The van der Waals surface area contributed by atoms with Crippen LogP contribution in [0.3, 0.4) is 0 Å². The fourth-order valence-corrected chi connectivity index (χ4v) is 5.29. The number of carbonyl (C=O) groups excluding carboxylic acids is 3. The molecule has 43 heavy (non-hydrogen) atoms. The van der Waals surface area contributed by atoms with Gasteiger partial charge in [0, 0.05) is 16.1 Å². The fourth-order valence-electron chi connectivity index (χ4n) is 4.24. The molecule has 0 unspecified atom stereocenters. The Bertz CT molecular complexity index is 1820. The van der Waals surface area contributed by atoms with Gasteiger partial charge in [-0.05, 0) is 70.9 Å². The van der Waals surface area contributed by atoms with Gasteiger partial charge in [0.05, 0.1) is 21.5 Å². The molecule has 6 nitrogen and oxygen atoms in total. The van der Waals surface area contributed by atoms with Crippen LogP contribution in [0.1, 0.15) is 15.9 Å². The second-order valence-corrected chi connectivity index (χ2v) is 11.2. The summed E-state index contributed by atoms with van der Waals surface area (Å²) < 4.78 is 0. The van der Waals surface area contributed by atoms with Crippen LogP contribution < -0.4 is 16.0 Å². The minimum atomic E-state index is -0.476. The van der Waals surface area contributed by atoms with E-state index in [9.17, 15) is 14.4 Å². The molecular weight excluding hydrogens is 601 g/mol. The molecule has 0 aliphatic rings. The second-order valence-electron chi connectivity index (χ2n) is 9.36. The van der Waals surface area contributed by atoms with E-state index < -0.39 is 11.8 Å². The van der Waals surface area contributed by atoms with Crippen LogP contribution in [-0.4, -0.2) is 23.5 Å². The van der Waals surface area contributed by atoms with E-state index in [1.165, 1.54) is 11.8 Å². The van der Waals surface area contributed by atoms with Crippen LogP contribution in [0.2, 0.25) is 10.0 Å². The standard InChI is InChI=1S/C34H25Cl2N3O3S/c35-28-14-7-15-29(32(28)36)38-31(40)21-43-26-18-16-25(17-19-26)37-34(42)30(39-33(41)23-9-2-1-3-10-23)20-24-12-6-11-22-8-4-5-13-27(22)24/h1-20H,21H2,(H,37,42)(H,38,40)(H,39,41)/b30-20-. The molecule has 5 aromatic rings. The molecule has 0 atom stereocenters. The van der Waals surface area contributed by atoms with Gasteiger partial charge in [0.1, 0.15) is 5.70 Å². The first kappa shape index (κ1) is 29.9. The van der Waals surface area contributed by atoms with Crippen molar-refractivity contribution in [2.45, 2.75) is 4.90 Å². The monoisotopic (exact) mass is 625 g/mol. The van der Waals surface area contributed by atoms with Gasteiger partial charge < -0.3 is 16.0 Å². The predicted octanol–water partition coefficient (Wildman–Crippen LogP) is 8.29. The van der Waals surface area contributed by atoms with Crippen molar-refractivity contribution in [3.05, 3.63) is 142 Å². The zero-order valence-electron chi connectivity index (χ0n) is 22.6. The van der Waals surface area contributed by atoms with Crippen molar-refractivity contribution in [2.24, 2.45) is 0 Å². The summed E-state index contributed by atoms with van der Waals surface area (Å²) in [6.07, 6.45) is 1.67. The Morgan fingerprint density at radius 2 is 1.42 bits per heavy atom. The lowest BCUT2D eigenvalue weighted by atomic mass is 10.0. The molecule has 0 aliphatic carbocycles. The van der Waals surface area contributed by atoms with E-state index >= 15 is 0 Å². The van der Waals surface area contributed by atoms with E-state index in [2.05, 4.69) is 16.0 Å². The molecular formula is C34H25Cl2N3O3S. The zero-order valence-corrected chi connectivity index (χ0v) is 25.0. The Kier molecular flexibility index (Phi) is 9.79. The SMILES string of the molecule is O=C(CSc1ccc(NC(=O)/C(=C/c2cccc3ccccc23)NC(=O)c2ccccc2)cc1)Nc1cccc(Cl)c1Cl. The first-order chi connectivity index (χ1) is 20.9. The first-order valence-corrected chi connectivity index (χ1v) is 15.0. The predicted molar refractivity (Wildman–Crippen MR) is 177 cm³/mol. The molecule has 0 radical (unpaired) electrons. The highest BCUT2D eigenvalue weighted by Crippen LogP contribution is 2.30. The molecule has 5 aromatic carbocycles. The lowest BCUT2D eigenvalue weighted by molar-refractivity contribution is -0.114. The van der Waals surface area contributed by atoms with Crippen molar-refractivity contribution in [2.75, 3.05) is 16.4 Å². The Morgan fingerprint density at radius 3 is 2.21 bits per heavy atom. The molecule has 214 valence electrons. The summed E-state index contributed by atoms with van der Waals surface area (Å²) in [5.41, 5.74) is 2.30. The Morgan fingerprint density at radius 1 is 0.721 bits per heavy atom. The van der Waals surface area contributed by atoms with Crippen molar-refractivity contribution in [1.29, 1.82) is 0 Å². The van der Waals surface area contributed by atoms with Gasteiger partial charge in [-0.2, -0.15) is 0 Å². The number of amides is 3. The van der Waals surface area contributed by atoms with Crippen LogP contribution in [0.4, 0.5) is 11.4 Å². The van der Waals surface area contributed by atoms with Crippen LogP contribution in [0.15, 0.2) is 126 Å². The van der Waals surface area contributed by atoms with Crippen molar-refractivity contribution in [3.8, 4) is 0 Å². The molecule has 0 fully saturated rings. The van der Waals surface area contributed by atoms with Gasteiger partial charge in [-0.15, -0.1) is 11.8 Å². The van der Waals surface area contributed by atoms with Gasteiger partial charge in [-0.3, -0.25) is 14.4 Å². The lowest BCUT2D eigenvalue weighted by Crippen LogP contribution is -2.30.